The molecule has 3 aromatic carbocycles. The number of aromatic carboxylic acids is 2. The summed E-state index contributed by atoms with van der Waals surface area (Å²) in [6.45, 7) is 2.44. The van der Waals surface area contributed by atoms with E-state index in [0.29, 0.717) is 61.2 Å². The third-order valence-electron chi connectivity index (χ3n) is 5.90. The molecule has 5 rings (SSSR count). The first-order valence-electron chi connectivity index (χ1n) is 12.4. The van der Waals surface area contributed by atoms with Crippen LogP contribution in [-0.2, 0) is 4.74 Å². The molecule has 1 fully saturated rings. The normalized spacial score (nSPS) is 13.2. The number of azo groups is 1. The molecule has 0 aliphatic carbocycles. The highest BCUT2D eigenvalue weighted by Gasteiger charge is 2.17. The smallest absolute Gasteiger partial charge is 0.335 e. The van der Waals surface area contributed by atoms with Crippen molar-refractivity contribution in [2.24, 2.45) is 10.2 Å². The lowest BCUT2D eigenvalue weighted by Gasteiger charge is -2.27. The summed E-state index contributed by atoms with van der Waals surface area (Å²) in [6, 6.07) is 17.6. The Balaban J connectivity index is 1.35. The van der Waals surface area contributed by atoms with Gasteiger partial charge in [0, 0.05) is 30.2 Å². The first-order valence-corrected chi connectivity index (χ1v) is 12.4. The number of morpholine rings is 1. The molecule has 0 amide bonds. The molecule has 0 radical (unpaired) electrons. The number of rotatable bonds is 9. The molecule has 14 heteroatoms. The van der Waals surface area contributed by atoms with Gasteiger partial charge in [-0.1, -0.05) is 0 Å². The molecule has 1 saturated heterocycles. The third kappa shape index (κ3) is 7.07. The van der Waals surface area contributed by atoms with Crippen molar-refractivity contribution >= 4 is 58.2 Å². The molecule has 2 heterocycles. The van der Waals surface area contributed by atoms with Gasteiger partial charge in [0.05, 0.1) is 35.7 Å². The van der Waals surface area contributed by atoms with Gasteiger partial charge in [-0.3, -0.25) is 0 Å². The minimum Gasteiger partial charge on any atom is -0.478 e. The average molecular weight is 556 g/mol. The quantitative estimate of drug-likeness (QED) is 0.142. The van der Waals surface area contributed by atoms with Crippen LogP contribution in [0.3, 0.4) is 0 Å². The highest BCUT2D eigenvalue weighted by Crippen LogP contribution is 2.25. The van der Waals surface area contributed by atoms with Crippen LogP contribution in [0.25, 0.3) is 0 Å². The highest BCUT2D eigenvalue weighted by molar-refractivity contribution is 5.95. The molecule has 4 aromatic rings. The van der Waals surface area contributed by atoms with Crippen LogP contribution in [0, 0.1) is 0 Å². The number of nitrogen functional groups attached to an aromatic ring is 1. The Bertz CT molecular complexity index is 1560. The number of carbonyl (C=O) groups is 2. The number of nitrogens with two attached hydrogens (primary N) is 1. The molecule has 0 unspecified atom stereocenters. The van der Waals surface area contributed by atoms with Crippen LogP contribution >= 0.6 is 0 Å². The number of carboxylic acids is 2. The van der Waals surface area contributed by atoms with Gasteiger partial charge in [-0.15, -0.1) is 0 Å². The van der Waals surface area contributed by atoms with Crippen molar-refractivity contribution in [2.45, 2.75) is 0 Å². The van der Waals surface area contributed by atoms with E-state index in [1.807, 2.05) is 17.0 Å². The van der Waals surface area contributed by atoms with Gasteiger partial charge in [-0.25, -0.2) is 9.59 Å². The zero-order valence-corrected chi connectivity index (χ0v) is 21.6. The van der Waals surface area contributed by atoms with E-state index in [0.717, 1.165) is 11.8 Å². The van der Waals surface area contributed by atoms with E-state index in [2.05, 4.69) is 35.8 Å². The van der Waals surface area contributed by atoms with E-state index >= 15 is 0 Å². The fraction of sp³-hybridized carbons (Fsp3) is 0.148. The summed E-state index contributed by atoms with van der Waals surface area (Å²) in [7, 11) is 0. The molecule has 1 aliphatic rings. The number of nitrogens with one attached hydrogen (secondary N) is 2. The van der Waals surface area contributed by atoms with Crippen LogP contribution in [0.15, 0.2) is 77.0 Å². The largest absolute Gasteiger partial charge is 0.478 e. The van der Waals surface area contributed by atoms with Crippen molar-refractivity contribution < 1.29 is 24.5 Å². The number of benzene rings is 3. The van der Waals surface area contributed by atoms with Crippen LogP contribution < -0.4 is 21.3 Å². The van der Waals surface area contributed by atoms with Gasteiger partial charge < -0.3 is 36.2 Å². The number of anilines is 6. The summed E-state index contributed by atoms with van der Waals surface area (Å²) in [5.74, 6) is -1.36. The molecule has 208 valence electrons. The van der Waals surface area contributed by atoms with E-state index in [-0.39, 0.29) is 16.8 Å². The van der Waals surface area contributed by atoms with E-state index in [4.69, 9.17) is 10.5 Å². The van der Waals surface area contributed by atoms with Crippen molar-refractivity contribution in [1.82, 2.24) is 15.0 Å². The van der Waals surface area contributed by atoms with E-state index in [9.17, 15) is 19.8 Å². The molecule has 14 nitrogen and oxygen atoms in total. The molecule has 0 atom stereocenters. The standard InChI is InChI=1S/C27H25N9O5/c28-18-1-3-19(4-2-18)29-25-31-26(33-27(32-25)36-9-11-41-12-10-36)30-20-5-7-21(8-6-20)34-35-22-14-16(23(37)38)13-17(15-22)24(39)40/h1-8,13-15H,9-12,28H2,(H,37,38)(H,39,40)(H2,29,30,31,32,33). The van der Waals surface area contributed by atoms with Crippen LogP contribution in [0.1, 0.15) is 20.7 Å². The van der Waals surface area contributed by atoms with Crippen molar-refractivity contribution in [3.8, 4) is 0 Å². The molecule has 41 heavy (non-hydrogen) atoms. The lowest BCUT2D eigenvalue weighted by molar-refractivity contribution is 0.0696. The van der Waals surface area contributed by atoms with Crippen LogP contribution in [-0.4, -0.2) is 63.4 Å². The molecule has 0 bridgehead atoms. The first kappa shape index (κ1) is 27.0. The summed E-state index contributed by atoms with van der Waals surface area (Å²) in [5, 5.41) is 33.0. The highest BCUT2D eigenvalue weighted by atomic mass is 16.5. The van der Waals surface area contributed by atoms with Crippen molar-refractivity contribution in [1.29, 1.82) is 0 Å². The van der Waals surface area contributed by atoms with Crippen molar-refractivity contribution in [3.05, 3.63) is 77.9 Å². The maximum absolute atomic E-state index is 11.3. The third-order valence-corrected chi connectivity index (χ3v) is 5.90. The Morgan fingerprint density at radius 2 is 1.27 bits per heavy atom. The van der Waals surface area contributed by atoms with Gasteiger partial charge in [-0.05, 0) is 66.7 Å². The SMILES string of the molecule is Nc1ccc(Nc2nc(Nc3ccc(N=Nc4cc(C(=O)O)cc(C(=O)O)c4)cc3)nc(N3CCOCC3)n2)cc1. The van der Waals surface area contributed by atoms with Gasteiger partial charge in [0.25, 0.3) is 0 Å². The van der Waals surface area contributed by atoms with E-state index < -0.39 is 11.9 Å². The molecular weight excluding hydrogens is 530 g/mol. The average Bonchev–Trinajstić information content (AvgIpc) is 2.98. The van der Waals surface area contributed by atoms with Crippen molar-refractivity contribution in [2.75, 3.05) is 47.6 Å². The second kappa shape index (κ2) is 12.0. The van der Waals surface area contributed by atoms with Crippen LogP contribution in [0.4, 0.5) is 46.3 Å². The Morgan fingerprint density at radius 3 is 1.80 bits per heavy atom. The van der Waals surface area contributed by atoms with Crippen molar-refractivity contribution in [3.63, 3.8) is 0 Å². The zero-order valence-electron chi connectivity index (χ0n) is 21.6. The second-order valence-electron chi connectivity index (χ2n) is 8.88. The maximum Gasteiger partial charge on any atom is 0.335 e. The molecule has 0 spiro atoms. The monoisotopic (exact) mass is 555 g/mol. The fourth-order valence-corrected chi connectivity index (χ4v) is 3.85. The molecular formula is C27H25N9O5. The van der Waals surface area contributed by atoms with Gasteiger partial charge >= 0.3 is 11.9 Å². The Morgan fingerprint density at radius 1 is 0.756 bits per heavy atom. The van der Waals surface area contributed by atoms with Gasteiger partial charge in [-0.2, -0.15) is 25.2 Å². The van der Waals surface area contributed by atoms with E-state index in [1.165, 1.54) is 12.1 Å². The Hall–Kier alpha value is -5.63. The van der Waals surface area contributed by atoms with Crippen LogP contribution in [0.5, 0.6) is 0 Å². The predicted molar refractivity (Wildman–Crippen MR) is 151 cm³/mol. The Labute approximate surface area is 233 Å². The molecule has 6 N–H and O–H groups in total. The second-order valence-corrected chi connectivity index (χ2v) is 8.88. The minimum atomic E-state index is -1.26. The van der Waals surface area contributed by atoms with Crippen LogP contribution in [0.2, 0.25) is 0 Å². The lowest BCUT2D eigenvalue weighted by Crippen LogP contribution is -2.37. The van der Waals surface area contributed by atoms with E-state index in [1.54, 1.807) is 36.4 Å². The Kier molecular flexibility index (Phi) is 7.92. The number of hydrogen-bond acceptors (Lipinski definition) is 12. The van der Waals surface area contributed by atoms with Gasteiger partial charge in [0.15, 0.2) is 0 Å². The number of aromatic nitrogens is 3. The maximum atomic E-state index is 11.3. The number of carboxylic acid groups (broad SMARTS) is 2. The zero-order chi connectivity index (χ0) is 28.8. The predicted octanol–water partition coefficient (Wildman–Crippen LogP) is 4.59. The van der Waals surface area contributed by atoms with Gasteiger partial charge in [0.2, 0.25) is 17.8 Å². The van der Waals surface area contributed by atoms with Gasteiger partial charge in [0.1, 0.15) is 0 Å². The lowest BCUT2D eigenvalue weighted by atomic mass is 10.1. The summed E-state index contributed by atoms with van der Waals surface area (Å²) in [5.41, 5.74) is 8.04. The topological polar surface area (TPSA) is 201 Å². The first-order chi connectivity index (χ1) is 19.8. The number of nitrogens with zero attached hydrogens (tertiary/aromatic N) is 6. The molecule has 1 aromatic heterocycles. The summed E-state index contributed by atoms with van der Waals surface area (Å²) >= 11 is 0. The summed E-state index contributed by atoms with van der Waals surface area (Å²) < 4.78 is 5.45. The molecule has 1 aliphatic heterocycles. The molecule has 0 saturated carbocycles. The minimum absolute atomic E-state index is 0.103. The fourth-order valence-electron chi connectivity index (χ4n) is 3.85. The number of ether oxygens (including phenoxy) is 1. The number of hydrogen-bond donors (Lipinski definition) is 5. The summed E-state index contributed by atoms with van der Waals surface area (Å²) in [6.07, 6.45) is 0. The summed E-state index contributed by atoms with van der Waals surface area (Å²) in [4.78, 5) is 38.3.